The molecule has 1 amide bonds. The Hall–Kier alpha value is -3.33. The fourth-order valence-electron chi connectivity index (χ4n) is 3.90. The van der Waals surface area contributed by atoms with Crippen LogP contribution in [0.3, 0.4) is 0 Å². The monoisotopic (exact) mass is 449 g/mol. The van der Waals surface area contributed by atoms with Crippen LogP contribution in [0.2, 0.25) is 0 Å². The number of likely N-dealkylation sites (tertiary alicyclic amines) is 1. The summed E-state index contributed by atoms with van der Waals surface area (Å²) in [5, 5.41) is 8.53. The van der Waals surface area contributed by atoms with Crippen molar-refractivity contribution in [2.24, 2.45) is 0 Å². The molecule has 1 fully saturated rings. The zero-order chi connectivity index (χ0) is 21.9. The summed E-state index contributed by atoms with van der Waals surface area (Å²) in [6.45, 7) is 1.45. The zero-order valence-electron chi connectivity index (χ0n) is 17.7. The number of methoxy groups -OCH3 is 1. The highest BCUT2D eigenvalue weighted by atomic mass is 32.2. The number of hydrogen-bond acceptors (Lipinski definition) is 7. The number of benzene rings is 2. The number of amides is 1. The fraction of sp³-hybridized carbons (Fsp3) is 0.304. The molecule has 0 spiro atoms. The topological polar surface area (TPSA) is 97.1 Å². The predicted octanol–water partition coefficient (Wildman–Crippen LogP) is 4.12. The van der Waals surface area contributed by atoms with E-state index in [1.165, 1.54) is 11.8 Å². The van der Waals surface area contributed by atoms with Crippen LogP contribution in [0.25, 0.3) is 22.5 Å². The number of hydrogen-bond donors (Lipinski definition) is 1. The van der Waals surface area contributed by atoms with E-state index in [-0.39, 0.29) is 11.7 Å². The summed E-state index contributed by atoms with van der Waals surface area (Å²) in [5.41, 5.74) is 2.86. The van der Waals surface area contributed by atoms with Crippen LogP contribution < -0.4 is 4.74 Å². The van der Waals surface area contributed by atoms with E-state index in [1.807, 2.05) is 53.4 Å². The first-order valence-electron chi connectivity index (χ1n) is 10.5. The highest BCUT2D eigenvalue weighted by Gasteiger charge is 2.26. The molecule has 0 bridgehead atoms. The molecule has 0 unspecified atom stereocenters. The summed E-state index contributed by atoms with van der Waals surface area (Å²) in [5.74, 6) is 2.92. The highest BCUT2D eigenvalue weighted by Crippen LogP contribution is 2.29. The first-order chi connectivity index (χ1) is 15.7. The van der Waals surface area contributed by atoms with Crippen LogP contribution in [-0.2, 0) is 4.79 Å². The van der Waals surface area contributed by atoms with Crippen LogP contribution in [0, 0.1) is 0 Å². The number of para-hydroxylation sites is 2. The van der Waals surface area contributed by atoms with Crippen molar-refractivity contribution >= 4 is 28.7 Å². The van der Waals surface area contributed by atoms with Crippen LogP contribution in [0.5, 0.6) is 5.75 Å². The lowest BCUT2D eigenvalue weighted by molar-refractivity contribution is -0.129. The van der Waals surface area contributed by atoms with E-state index >= 15 is 0 Å². The summed E-state index contributed by atoms with van der Waals surface area (Å²) in [6, 6.07) is 15.5. The average molecular weight is 450 g/mol. The van der Waals surface area contributed by atoms with Crippen molar-refractivity contribution in [2.45, 2.75) is 24.0 Å². The lowest BCUT2D eigenvalue weighted by Gasteiger charge is -2.31. The zero-order valence-corrected chi connectivity index (χ0v) is 18.5. The maximum Gasteiger partial charge on any atom is 0.277 e. The minimum atomic E-state index is 0.0854. The first-order valence-corrected chi connectivity index (χ1v) is 11.5. The third kappa shape index (κ3) is 4.34. The van der Waals surface area contributed by atoms with Crippen molar-refractivity contribution in [2.75, 3.05) is 26.0 Å². The Balaban J connectivity index is 1.13. The van der Waals surface area contributed by atoms with Crippen molar-refractivity contribution in [1.29, 1.82) is 0 Å². The number of rotatable bonds is 6. The van der Waals surface area contributed by atoms with Gasteiger partial charge in [0.2, 0.25) is 11.8 Å². The van der Waals surface area contributed by atoms with Gasteiger partial charge in [0.05, 0.1) is 23.9 Å². The number of nitrogens with one attached hydrogen (secondary N) is 1. The minimum Gasteiger partial charge on any atom is -0.497 e. The SMILES string of the molecule is COc1ccc(-c2nnc(SCC(=O)N3CCC(c4nc5ccccc5[nH]4)CC3)o2)cc1. The van der Waals surface area contributed by atoms with Crippen LogP contribution in [0.1, 0.15) is 24.6 Å². The van der Waals surface area contributed by atoms with Gasteiger partial charge in [-0.1, -0.05) is 23.9 Å². The molecule has 1 N–H and O–H groups in total. The molecule has 0 atom stereocenters. The van der Waals surface area contributed by atoms with Gasteiger partial charge < -0.3 is 19.0 Å². The van der Waals surface area contributed by atoms with E-state index < -0.39 is 0 Å². The van der Waals surface area contributed by atoms with Gasteiger partial charge >= 0.3 is 0 Å². The number of carbonyl (C=O) groups is 1. The molecule has 1 aliphatic heterocycles. The smallest absolute Gasteiger partial charge is 0.277 e. The molecule has 1 saturated heterocycles. The van der Waals surface area contributed by atoms with Crippen molar-refractivity contribution < 1.29 is 13.9 Å². The van der Waals surface area contributed by atoms with Gasteiger partial charge in [0.15, 0.2) is 0 Å². The quantitative estimate of drug-likeness (QED) is 0.442. The molecule has 32 heavy (non-hydrogen) atoms. The lowest BCUT2D eigenvalue weighted by atomic mass is 9.96. The fourth-order valence-corrected chi connectivity index (χ4v) is 4.57. The normalized spacial score (nSPS) is 14.7. The molecular weight excluding hydrogens is 426 g/mol. The number of H-pyrrole nitrogens is 1. The Kier molecular flexibility index (Phi) is 5.81. The predicted molar refractivity (Wildman–Crippen MR) is 122 cm³/mol. The second-order valence-electron chi connectivity index (χ2n) is 7.68. The van der Waals surface area contributed by atoms with Crippen molar-refractivity contribution in [1.82, 2.24) is 25.1 Å². The third-order valence-corrected chi connectivity index (χ3v) is 6.51. The van der Waals surface area contributed by atoms with Crippen molar-refractivity contribution in [3.63, 3.8) is 0 Å². The van der Waals surface area contributed by atoms with Gasteiger partial charge in [0.1, 0.15) is 11.6 Å². The Morgan fingerprint density at radius 3 is 2.69 bits per heavy atom. The molecule has 5 rings (SSSR count). The minimum absolute atomic E-state index is 0.0854. The van der Waals surface area contributed by atoms with Crippen molar-refractivity contribution in [3.8, 4) is 17.2 Å². The van der Waals surface area contributed by atoms with E-state index in [1.54, 1.807) is 7.11 Å². The maximum absolute atomic E-state index is 12.7. The van der Waals surface area contributed by atoms with E-state index in [4.69, 9.17) is 14.1 Å². The van der Waals surface area contributed by atoms with Gasteiger partial charge in [0, 0.05) is 24.6 Å². The summed E-state index contributed by atoms with van der Waals surface area (Å²) in [6.07, 6.45) is 1.80. The molecule has 0 aliphatic carbocycles. The molecule has 1 aliphatic rings. The molecular formula is C23H23N5O3S. The average Bonchev–Trinajstić information content (AvgIpc) is 3.50. The Bertz CT molecular complexity index is 1180. The maximum atomic E-state index is 12.7. The number of carbonyl (C=O) groups excluding carboxylic acids is 1. The van der Waals surface area contributed by atoms with Crippen molar-refractivity contribution in [3.05, 3.63) is 54.4 Å². The van der Waals surface area contributed by atoms with Crippen LogP contribution in [0.4, 0.5) is 0 Å². The molecule has 3 heterocycles. The molecule has 2 aromatic carbocycles. The largest absolute Gasteiger partial charge is 0.497 e. The molecule has 164 valence electrons. The van der Waals surface area contributed by atoms with Crippen LogP contribution >= 0.6 is 11.8 Å². The van der Waals surface area contributed by atoms with E-state index in [9.17, 15) is 4.79 Å². The second-order valence-corrected chi connectivity index (χ2v) is 8.61. The van der Waals surface area contributed by atoms with E-state index in [2.05, 4.69) is 15.2 Å². The number of aromatic nitrogens is 4. The van der Waals surface area contributed by atoms with Gasteiger partial charge in [-0.15, -0.1) is 10.2 Å². The number of piperidine rings is 1. The van der Waals surface area contributed by atoms with Gasteiger partial charge in [-0.25, -0.2) is 4.98 Å². The Labute approximate surface area is 189 Å². The summed E-state index contributed by atoms with van der Waals surface area (Å²) in [4.78, 5) is 22.7. The van der Waals surface area contributed by atoms with Crippen LogP contribution in [-0.4, -0.2) is 56.9 Å². The summed E-state index contributed by atoms with van der Waals surface area (Å²) >= 11 is 1.27. The lowest BCUT2D eigenvalue weighted by Crippen LogP contribution is -2.39. The van der Waals surface area contributed by atoms with Crippen LogP contribution in [0.15, 0.2) is 58.2 Å². The molecule has 0 radical (unpaired) electrons. The van der Waals surface area contributed by atoms with Gasteiger partial charge in [0.25, 0.3) is 5.22 Å². The standard InChI is InChI=1S/C23H23N5O3S/c1-30-17-8-6-16(7-9-17)22-26-27-23(31-22)32-14-20(29)28-12-10-15(11-13-28)21-24-18-4-2-3-5-19(18)25-21/h2-9,15H,10-14H2,1H3,(H,24,25). The number of fused-ring (bicyclic) bond motifs is 1. The Morgan fingerprint density at radius 1 is 1.16 bits per heavy atom. The number of nitrogens with zero attached hydrogens (tertiary/aromatic N) is 4. The number of imidazole rings is 1. The molecule has 4 aromatic rings. The molecule has 8 nitrogen and oxygen atoms in total. The van der Waals surface area contributed by atoms with E-state index in [0.717, 1.165) is 54.1 Å². The number of aromatic amines is 1. The molecule has 2 aromatic heterocycles. The third-order valence-electron chi connectivity index (χ3n) is 5.70. The molecule has 0 saturated carbocycles. The highest BCUT2D eigenvalue weighted by molar-refractivity contribution is 7.99. The first kappa shape index (κ1) is 20.6. The van der Waals surface area contributed by atoms with Gasteiger partial charge in [-0.2, -0.15) is 0 Å². The Morgan fingerprint density at radius 2 is 1.94 bits per heavy atom. The molecule has 9 heteroatoms. The second kappa shape index (κ2) is 9.04. The van der Waals surface area contributed by atoms with E-state index in [0.29, 0.717) is 17.0 Å². The summed E-state index contributed by atoms with van der Waals surface area (Å²) < 4.78 is 10.9. The number of thioether (sulfide) groups is 1. The summed E-state index contributed by atoms with van der Waals surface area (Å²) in [7, 11) is 1.62. The van der Waals surface area contributed by atoms with Gasteiger partial charge in [-0.05, 0) is 49.2 Å². The number of ether oxygens (including phenoxy) is 1. The van der Waals surface area contributed by atoms with Gasteiger partial charge in [-0.3, -0.25) is 4.79 Å².